The van der Waals surface area contributed by atoms with Gasteiger partial charge in [-0.1, -0.05) is 22.0 Å². The molecule has 1 amide bonds. The lowest BCUT2D eigenvalue weighted by Gasteiger charge is -2.13. The monoisotopic (exact) mass is 363 g/mol. The molecular formula is C16H14BrNO4. The number of aromatic hydroxyl groups is 1. The molecule has 2 aromatic rings. The summed E-state index contributed by atoms with van der Waals surface area (Å²) in [6.45, 7) is 1.48. The minimum Gasteiger partial charge on any atom is -0.508 e. The molecule has 0 aromatic heterocycles. The maximum Gasteiger partial charge on any atom is 0.339 e. The van der Waals surface area contributed by atoms with Gasteiger partial charge in [0.1, 0.15) is 5.75 Å². The number of carbonyl (C=O) groups excluding carboxylic acids is 2. The van der Waals surface area contributed by atoms with E-state index in [2.05, 4.69) is 21.2 Å². The fraction of sp³-hybridized carbons (Fsp3) is 0.125. The first-order valence-electron chi connectivity index (χ1n) is 6.52. The van der Waals surface area contributed by atoms with E-state index >= 15 is 0 Å². The van der Waals surface area contributed by atoms with Gasteiger partial charge >= 0.3 is 5.97 Å². The molecule has 0 fully saturated rings. The average molecular weight is 364 g/mol. The van der Waals surface area contributed by atoms with E-state index in [0.717, 1.165) is 4.47 Å². The number of phenolic OH excluding ortho intramolecular Hbond substituents is 1. The number of nitrogens with one attached hydrogen (secondary N) is 1. The van der Waals surface area contributed by atoms with Gasteiger partial charge in [-0.3, -0.25) is 4.79 Å². The van der Waals surface area contributed by atoms with Crippen LogP contribution in [0.15, 0.2) is 53.0 Å². The van der Waals surface area contributed by atoms with Crippen molar-refractivity contribution in [3.63, 3.8) is 0 Å². The second kappa shape index (κ2) is 7.09. The van der Waals surface area contributed by atoms with E-state index in [4.69, 9.17) is 4.74 Å². The highest BCUT2D eigenvalue weighted by Gasteiger charge is 2.19. The Kier molecular flexibility index (Phi) is 5.16. The number of benzene rings is 2. The highest BCUT2D eigenvalue weighted by atomic mass is 79.9. The first-order valence-corrected chi connectivity index (χ1v) is 7.31. The van der Waals surface area contributed by atoms with E-state index in [9.17, 15) is 14.7 Å². The molecule has 1 atom stereocenters. The molecule has 6 heteroatoms. The van der Waals surface area contributed by atoms with Gasteiger partial charge in [0.25, 0.3) is 5.91 Å². The summed E-state index contributed by atoms with van der Waals surface area (Å²) in [5.74, 6) is -1.15. The van der Waals surface area contributed by atoms with E-state index in [1.807, 2.05) is 0 Å². The number of phenols is 1. The van der Waals surface area contributed by atoms with Crippen LogP contribution in [0.5, 0.6) is 5.75 Å². The van der Waals surface area contributed by atoms with Crippen molar-refractivity contribution in [2.24, 2.45) is 0 Å². The summed E-state index contributed by atoms with van der Waals surface area (Å²) in [6, 6.07) is 12.8. The Bertz CT molecular complexity index is 685. The molecule has 22 heavy (non-hydrogen) atoms. The van der Waals surface area contributed by atoms with Crippen LogP contribution < -0.4 is 5.32 Å². The number of amides is 1. The minimum absolute atomic E-state index is 0.0404. The van der Waals surface area contributed by atoms with Crippen molar-refractivity contribution in [1.82, 2.24) is 0 Å². The number of esters is 1. The molecule has 0 aliphatic heterocycles. The topological polar surface area (TPSA) is 75.6 Å². The number of carbonyl (C=O) groups is 2. The molecule has 2 aromatic carbocycles. The zero-order chi connectivity index (χ0) is 16.1. The summed E-state index contributed by atoms with van der Waals surface area (Å²) in [7, 11) is 0. The molecule has 2 N–H and O–H groups in total. The lowest BCUT2D eigenvalue weighted by atomic mass is 10.2. The number of ether oxygens (including phenoxy) is 1. The average Bonchev–Trinajstić information content (AvgIpc) is 2.49. The Morgan fingerprint density at radius 2 is 1.86 bits per heavy atom. The molecule has 0 aliphatic rings. The fourth-order valence-electron chi connectivity index (χ4n) is 1.69. The van der Waals surface area contributed by atoms with Crippen LogP contribution in [0, 0.1) is 0 Å². The van der Waals surface area contributed by atoms with Crippen molar-refractivity contribution in [1.29, 1.82) is 0 Å². The van der Waals surface area contributed by atoms with Crippen molar-refractivity contribution in [2.75, 3.05) is 5.32 Å². The van der Waals surface area contributed by atoms with Crippen LogP contribution in [0.1, 0.15) is 17.3 Å². The smallest absolute Gasteiger partial charge is 0.339 e. The van der Waals surface area contributed by atoms with E-state index in [0.29, 0.717) is 5.69 Å². The maximum absolute atomic E-state index is 12.0. The molecule has 5 nitrogen and oxygen atoms in total. The molecule has 0 saturated heterocycles. The molecule has 114 valence electrons. The Labute approximate surface area is 136 Å². The van der Waals surface area contributed by atoms with Crippen molar-refractivity contribution >= 4 is 33.5 Å². The van der Waals surface area contributed by atoms with Crippen LogP contribution in [-0.2, 0) is 9.53 Å². The first kappa shape index (κ1) is 16.0. The summed E-state index contributed by atoms with van der Waals surface area (Å²) in [6.07, 6.45) is -0.960. The number of hydrogen-bond donors (Lipinski definition) is 2. The third kappa shape index (κ3) is 4.33. The Morgan fingerprint density at radius 1 is 1.18 bits per heavy atom. The lowest BCUT2D eigenvalue weighted by molar-refractivity contribution is -0.123. The van der Waals surface area contributed by atoms with Gasteiger partial charge in [0.2, 0.25) is 0 Å². The van der Waals surface area contributed by atoms with Crippen LogP contribution in [0.25, 0.3) is 0 Å². The molecule has 0 heterocycles. The molecule has 0 spiro atoms. The van der Waals surface area contributed by atoms with Gasteiger partial charge in [-0.25, -0.2) is 4.79 Å². The minimum atomic E-state index is -0.960. The summed E-state index contributed by atoms with van der Waals surface area (Å²) in [5.41, 5.74) is 0.789. The quantitative estimate of drug-likeness (QED) is 0.816. The Hall–Kier alpha value is -2.34. The summed E-state index contributed by atoms with van der Waals surface area (Å²) < 4.78 is 5.97. The van der Waals surface area contributed by atoms with Gasteiger partial charge in [-0.05, 0) is 49.4 Å². The number of anilines is 1. The van der Waals surface area contributed by atoms with Gasteiger partial charge < -0.3 is 15.2 Å². The van der Waals surface area contributed by atoms with Crippen molar-refractivity contribution in [3.8, 4) is 5.75 Å². The van der Waals surface area contributed by atoms with Gasteiger partial charge in [0.05, 0.1) is 5.56 Å². The summed E-state index contributed by atoms with van der Waals surface area (Å²) in [5, 5.41) is 12.0. The molecule has 0 aliphatic carbocycles. The third-order valence-electron chi connectivity index (χ3n) is 2.85. The molecule has 0 radical (unpaired) electrons. The van der Waals surface area contributed by atoms with E-state index in [-0.39, 0.29) is 11.3 Å². The van der Waals surface area contributed by atoms with Crippen LogP contribution in [0.4, 0.5) is 5.69 Å². The molecular weight excluding hydrogens is 350 g/mol. The SMILES string of the molecule is C[C@H](OC(=O)c1cccc(O)c1)C(=O)Nc1ccc(Br)cc1. The zero-order valence-corrected chi connectivity index (χ0v) is 13.3. The van der Waals surface area contributed by atoms with E-state index in [1.54, 1.807) is 24.3 Å². The standard InChI is InChI=1S/C16H14BrNO4/c1-10(15(20)18-13-7-5-12(17)6-8-13)22-16(21)11-3-2-4-14(19)9-11/h2-10,19H,1H3,(H,18,20)/t10-/m0/s1. The predicted octanol–water partition coefficient (Wildman–Crippen LogP) is 3.34. The molecule has 0 unspecified atom stereocenters. The van der Waals surface area contributed by atoms with Crippen molar-refractivity contribution in [2.45, 2.75) is 13.0 Å². The third-order valence-corrected chi connectivity index (χ3v) is 3.38. The first-order chi connectivity index (χ1) is 10.5. The van der Waals surface area contributed by atoms with Gasteiger partial charge in [0.15, 0.2) is 6.10 Å². The normalized spacial score (nSPS) is 11.5. The zero-order valence-electron chi connectivity index (χ0n) is 11.7. The Morgan fingerprint density at radius 3 is 2.50 bits per heavy atom. The van der Waals surface area contributed by atoms with Gasteiger partial charge in [-0.15, -0.1) is 0 Å². The highest BCUT2D eigenvalue weighted by molar-refractivity contribution is 9.10. The molecule has 2 rings (SSSR count). The van der Waals surface area contributed by atoms with Gasteiger partial charge in [-0.2, -0.15) is 0 Å². The fourth-order valence-corrected chi connectivity index (χ4v) is 1.96. The summed E-state index contributed by atoms with van der Waals surface area (Å²) >= 11 is 3.30. The maximum atomic E-state index is 12.0. The number of hydrogen-bond acceptors (Lipinski definition) is 4. The van der Waals surface area contributed by atoms with Crippen molar-refractivity contribution < 1.29 is 19.4 Å². The Balaban J connectivity index is 1.96. The number of rotatable bonds is 4. The van der Waals surface area contributed by atoms with E-state index in [1.165, 1.54) is 31.2 Å². The highest BCUT2D eigenvalue weighted by Crippen LogP contribution is 2.15. The van der Waals surface area contributed by atoms with E-state index < -0.39 is 18.0 Å². The van der Waals surface area contributed by atoms with Crippen LogP contribution in [0.2, 0.25) is 0 Å². The van der Waals surface area contributed by atoms with Crippen LogP contribution in [-0.4, -0.2) is 23.1 Å². The predicted molar refractivity (Wildman–Crippen MR) is 85.8 cm³/mol. The number of halogens is 1. The van der Waals surface area contributed by atoms with Crippen LogP contribution >= 0.6 is 15.9 Å². The second-order valence-corrected chi connectivity index (χ2v) is 5.51. The second-order valence-electron chi connectivity index (χ2n) is 4.59. The van der Waals surface area contributed by atoms with Crippen LogP contribution in [0.3, 0.4) is 0 Å². The lowest BCUT2D eigenvalue weighted by Crippen LogP contribution is -2.29. The van der Waals surface area contributed by atoms with Crippen molar-refractivity contribution in [3.05, 3.63) is 58.6 Å². The molecule has 0 bridgehead atoms. The molecule has 0 saturated carbocycles. The largest absolute Gasteiger partial charge is 0.508 e. The summed E-state index contributed by atoms with van der Waals surface area (Å²) in [4.78, 5) is 23.9. The van der Waals surface area contributed by atoms with Gasteiger partial charge in [0, 0.05) is 10.2 Å².